The Kier molecular flexibility index (Phi) is 5.96. The molecule has 0 aliphatic carbocycles. The molecule has 2 aromatic carbocycles. The number of nitrogens with zero attached hydrogens (tertiary/aromatic N) is 3. The van der Waals surface area contributed by atoms with Crippen LogP contribution in [0.15, 0.2) is 53.6 Å². The van der Waals surface area contributed by atoms with Gasteiger partial charge in [-0.1, -0.05) is 35.9 Å². The average molecular weight is 392 g/mol. The quantitative estimate of drug-likeness (QED) is 0.768. The van der Waals surface area contributed by atoms with E-state index in [0.29, 0.717) is 11.6 Å². The Morgan fingerprint density at radius 1 is 1.12 bits per heavy atom. The van der Waals surface area contributed by atoms with Crippen molar-refractivity contribution in [1.29, 1.82) is 0 Å². The zero-order valence-electron chi connectivity index (χ0n) is 14.8. The van der Waals surface area contributed by atoms with Crippen molar-refractivity contribution in [2.75, 3.05) is 32.2 Å². The number of hydrazone groups is 1. The van der Waals surface area contributed by atoms with Crippen molar-refractivity contribution in [3.05, 3.63) is 64.7 Å². The fourth-order valence-corrected chi connectivity index (χ4v) is 4.00. The summed E-state index contributed by atoms with van der Waals surface area (Å²) >= 11 is 5.94. The molecule has 0 saturated heterocycles. The van der Waals surface area contributed by atoms with Crippen molar-refractivity contribution in [2.45, 2.75) is 11.7 Å². The van der Waals surface area contributed by atoms with Crippen LogP contribution in [-0.2, 0) is 10.7 Å². The fourth-order valence-electron chi connectivity index (χ4n) is 3.00. The second-order valence-corrected chi connectivity index (χ2v) is 8.21. The van der Waals surface area contributed by atoms with Crippen molar-refractivity contribution >= 4 is 33.7 Å². The largest absolute Gasteiger partial charge is 0.308 e. The minimum atomic E-state index is -2.53. The maximum absolute atomic E-state index is 11.6. The molecule has 0 spiro atoms. The lowest BCUT2D eigenvalue weighted by Gasteiger charge is -2.18. The Balaban J connectivity index is 1.77. The van der Waals surface area contributed by atoms with Crippen LogP contribution in [0.3, 0.4) is 0 Å². The number of halogens is 1. The molecule has 5 nitrogen and oxygen atoms in total. The van der Waals surface area contributed by atoms with Gasteiger partial charge < -0.3 is 4.90 Å². The Hall–Kier alpha value is -1.89. The first-order valence-electron chi connectivity index (χ1n) is 8.43. The molecule has 0 N–H and O–H groups in total. The number of rotatable bonds is 6. The smallest absolute Gasteiger partial charge is 0.148 e. The SMILES string of the molecule is CN(C)CC(c1ccc(N2CCC(c3ccc(Cl)cc3)=N2)cc1)[SH](=O)=O. The monoisotopic (exact) mass is 391 g/mol. The van der Waals surface area contributed by atoms with Gasteiger partial charge in [-0.15, -0.1) is 0 Å². The van der Waals surface area contributed by atoms with Gasteiger partial charge in [0.1, 0.15) is 10.7 Å². The van der Waals surface area contributed by atoms with Crippen LogP contribution in [0, 0.1) is 0 Å². The molecule has 7 heteroatoms. The van der Waals surface area contributed by atoms with Crippen LogP contribution in [0.25, 0.3) is 0 Å². The summed E-state index contributed by atoms with van der Waals surface area (Å²) in [7, 11) is 1.22. The third-order valence-electron chi connectivity index (χ3n) is 4.35. The number of hydrogen-bond donors (Lipinski definition) is 1. The van der Waals surface area contributed by atoms with E-state index in [4.69, 9.17) is 16.7 Å². The maximum atomic E-state index is 11.6. The molecule has 1 unspecified atom stereocenters. The number of benzene rings is 2. The van der Waals surface area contributed by atoms with Gasteiger partial charge in [0.05, 0.1) is 16.6 Å². The van der Waals surface area contributed by atoms with Gasteiger partial charge >= 0.3 is 0 Å². The number of thiol groups is 1. The highest BCUT2D eigenvalue weighted by Gasteiger charge is 2.19. The van der Waals surface area contributed by atoms with Crippen molar-refractivity contribution in [3.8, 4) is 0 Å². The molecule has 0 fully saturated rings. The lowest BCUT2D eigenvalue weighted by molar-refractivity contribution is 0.404. The van der Waals surface area contributed by atoms with E-state index in [1.54, 1.807) is 0 Å². The number of likely N-dealkylation sites (N-methyl/N-ethyl adjacent to an activating group) is 1. The molecule has 138 valence electrons. The van der Waals surface area contributed by atoms with E-state index in [1.807, 2.05) is 72.5 Å². The summed E-state index contributed by atoms with van der Waals surface area (Å²) in [5.74, 6) is 0. The molecule has 1 aliphatic rings. The molecule has 0 bridgehead atoms. The predicted octanol–water partition coefficient (Wildman–Crippen LogP) is 3.17. The maximum Gasteiger partial charge on any atom is 0.148 e. The van der Waals surface area contributed by atoms with Gasteiger partial charge in [-0.2, -0.15) is 5.10 Å². The van der Waals surface area contributed by atoms with Gasteiger partial charge in [-0.3, -0.25) is 5.01 Å². The lowest BCUT2D eigenvalue weighted by atomic mass is 10.1. The first kappa shape index (κ1) is 18.9. The van der Waals surface area contributed by atoms with Crippen molar-refractivity contribution < 1.29 is 8.42 Å². The van der Waals surface area contributed by atoms with Crippen LogP contribution < -0.4 is 5.01 Å². The Bertz CT molecular complexity index is 853. The minimum absolute atomic E-state index is 0.473. The van der Waals surface area contributed by atoms with E-state index in [1.165, 1.54) is 0 Å². The molecule has 1 atom stereocenters. The van der Waals surface area contributed by atoms with Crippen LogP contribution in [0.4, 0.5) is 5.69 Å². The third kappa shape index (κ3) is 4.44. The molecular formula is C19H22ClN3O2S. The van der Waals surface area contributed by atoms with Crippen molar-refractivity contribution in [3.63, 3.8) is 0 Å². The molecule has 2 aromatic rings. The van der Waals surface area contributed by atoms with E-state index >= 15 is 0 Å². The first-order chi connectivity index (χ1) is 12.4. The summed E-state index contributed by atoms with van der Waals surface area (Å²) < 4.78 is 23.1. The van der Waals surface area contributed by atoms with E-state index in [-0.39, 0.29) is 0 Å². The van der Waals surface area contributed by atoms with Gasteiger partial charge in [0.15, 0.2) is 0 Å². The topological polar surface area (TPSA) is 53.0 Å². The first-order valence-corrected chi connectivity index (χ1v) is 10.1. The Morgan fingerprint density at radius 2 is 1.77 bits per heavy atom. The van der Waals surface area contributed by atoms with Crippen LogP contribution >= 0.6 is 11.6 Å². The summed E-state index contributed by atoms with van der Waals surface area (Å²) in [6.45, 7) is 1.27. The summed E-state index contributed by atoms with van der Waals surface area (Å²) in [6, 6.07) is 15.3. The van der Waals surface area contributed by atoms with E-state index in [0.717, 1.165) is 35.5 Å². The number of anilines is 1. The normalized spacial score (nSPS) is 15.6. The zero-order valence-corrected chi connectivity index (χ0v) is 16.5. The summed E-state index contributed by atoms with van der Waals surface area (Å²) in [5.41, 5.74) is 3.86. The summed E-state index contributed by atoms with van der Waals surface area (Å²) in [6.07, 6.45) is 0.860. The average Bonchev–Trinajstić information content (AvgIpc) is 3.10. The molecule has 1 aliphatic heterocycles. The van der Waals surface area contributed by atoms with Gasteiger partial charge in [0.2, 0.25) is 0 Å². The van der Waals surface area contributed by atoms with Crippen LogP contribution in [0.5, 0.6) is 0 Å². The fraction of sp³-hybridized carbons (Fsp3) is 0.316. The highest BCUT2D eigenvalue weighted by atomic mass is 35.5. The highest BCUT2D eigenvalue weighted by Crippen LogP contribution is 2.25. The molecular weight excluding hydrogens is 370 g/mol. The summed E-state index contributed by atoms with van der Waals surface area (Å²) in [5, 5.41) is 6.86. The zero-order chi connectivity index (χ0) is 18.7. The van der Waals surface area contributed by atoms with Crippen molar-refractivity contribution in [2.24, 2.45) is 5.10 Å². The second kappa shape index (κ2) is 8.20. The molecule has 3 rings (SSSR count). The van der Waals surface area contributed by atoms with E-state index in [2.05, 4.69) is 0 Å². The Morgan fingerprint density at radius 3 is 2.35 bits per heavy atom. The standard InChI is InChI=1S/C19H22ClN3O2S/c1-22(2)13-19(26(24)25)15-5-9-17(10-6-15)23-12-11-18(21-23)14-3-7-16(20)8-4-14/h3-10,19,26H,11-13H2,1-2H3. The molecule has 0 radical (unpaired) electrons. The van der Waals surface area contributed by atoms with Gasteiger partial charge in [-0.25, -0.2) is 8.42 Å². The summed E-state index contributed by atoms with van der Waals surface area (Å²) in [4.78, 5) is 1.88. The van der Waals surface area contributed by atoms with Crippen molar-refractivity contribution in [1.82, 2.24) is 4.90 Å². The molecule has 1 heterocycles. The van der Waals surface area contributed by atoms with E-state index in [9.17, 15) is 8.42 Å². The van der Waals surface area contributed by atoms with Crippen LogP contribution in [0.1, 0.15) is 22.8 Å². The van der Waals surface area contributed by atoms with Gasteiger partial charge in [-0.05, 0) is 49.5 Å². The Labute approximate surface area is 160 Å². The molecule has 0 amide bonds. The highest BCUT2D eigenvalue weighted by molar-refractivity contribution is 7.72. The third-order valence-corrected chi connectivity index (χ3v) is 5.57. The van der Waals surface area contributed by atoms with Crippen LogP contribution in [0.2, 0.25) is 5.02 Å². The predicted molar refractivity (Wildman–Crippen MR) is 108 cm³/mol. The van der Waals surface area contributed by atoms with Gasteiger partial charge in [0.25, 0.3) is 0 Å². The number of hydrogen-bond acceptors (Lipinski definition) is 5. The minimum Gasteiger partial charge on any atom is -0.308 e. The van der Waals surface area contributed by atoms with Crippen LogP contribution in [-0.4, -0.2) is 46.2 Å². The lowest BCUT2D eigenvalue weighted by Crippen LogP contribution is -2.21. The molecule has 0 aromatic heterocycles. The molecule has 26 heavy (non-hydrogen) atoms. The van der Waals surface area contributed by atoms with E-state index < -0.39 is 16.0 Å². The second-order valence-electron chi connectivity index (χ2n) is 6.58. The van der Waals surface area contributed by atoms with Gasteiger partial charge in [0, 0.05) is 24.5 Å². The molecule has 0 saturated carbocycles.